The lowest BCUT2D eigenvalue weighted by atomic mass is 10.1. The van der Waals surface area contributed by atoms with E-state index >= 15 is 0 Å². The van der Waals surface area contributed by atoms with E-state index in [-0.39, 0.29) is 17.5 Å². The molecule has 0 aliphatic heterocycles. The van der Waals surface area contributed by atoms with Gasteiger partial charge in [-0.05, 0) is 23.3 Å². The van der Waals surface area contributed by atoms with E-state index in [1.165, 1.54) is 24.2 Å². The Morgan fingerprint density at radius 3 is 2.06 bits per heavy atom. The molecule has 0 saturated heterocycles. The van der Waals surface area contributed by atoms with Gasteiger partial charge in [0.1, 0.15) is 12.1 Å². The van der Waals surface area contributed by atoms with E-state index in [9.17, 15) is 9.18 Å². The Bertz CT molecular complexity index is 1090. The monoisotopic (exact) mass is 432 g/mol. The number of amides is 1. The molecule has 3 aromatic carbocycles. The third-order valence-electron chi connectivity index (χ3n) is 4.74. The zero-order valence-corrected chi connectivity index (χ0v) is 17.6. The van der Waals surface area contributed by atoms with Gasteiger partial charge in [0.15, 0.2) is 5.16 Å². The Hall–Kier alpha value is -3.45. The van der Waals surface area contributed by atoms with Gasteiger partial charge in [0.25, 0.3) is 0 Å². The van der Waals surface area contributed by atoms with E-state index in [1.807, 2.05) is 65.6 Å². The van der Waals surface area contributed by atoms with Crippen LogP contribution < -0.4 is 0 Å². The summed E-state index contributed by atoms with van der Waals surface area (Å²) in [5.41, 5.74) is 2.48. The molecule has 0 unspecified atom stereocenters. The lowest BCUT2D eigenvalue weighted by Gasteiger charge is -2.23. The van der Waals surface area contributed by atoms with Crippen molar-refractivity contribution in [1.29, 1.82) is 0 Å². The first-order chi connectivity index (χ1) is 15.2. The van der Waals surface area contributed by atoms with E-state index < -0.39 is 0 Å². The van der Waals surface area contributed by atoms with Gasteiger partial charge in [0.05, 0.1) is 11.4 Å². The molecule has 0 atom stereocenters. The molecule has 0 bridgehead atoms. The Labute approximate surface area is 184 Å². The average Bonchev–Trinajstić information content (AvgIpc) is 3.27. The van der Waals surface area contributed by atoms with E-state index in [4.69, 9.17) is 0 Å². The predicted molar refractivity (Wildman–Crippen MR) is 119 cm³/mol. The summed E-state index contributed by atoms with van der Waals surface area (Å²) < 4.78 is 15.7. The number of rotatable bonds is 8. The molecule has 1 amide bonds. The number of thioether (sulfide) groups is 1. The maximum Gasteiger partial charge on any atom is 0.233 e. The first kappa shape index (κ1) is 20.8. The lowest BCUT2D eigenvalue weighted by Crippen LogP contribution is -2.31. The number of aromatic nitrogens is 3. The van der Waals surface area contributed by atoms with Crippen LogP contribution in [0.1, 0.15) is 11.1 Å². The van der Waals surface area contributed by atoms with E-state index in [0.717, 1.165) is 11.1 Å². The van der Waals surface area contributed by atoms with E-state index in [0.29, 0.717) is 23.9 Å². The number of carbonyl (C=O) groups is 1. The second kappa shape index (κ2) is 10.0. The molecule has 156 valence electrons. The first-order valence-electron chi connectivity index (χ1n) is 9.84. The van der Waals surface area contributed by atoms with Crippen molar-refractivity contribution in [2.24, 2.45) is 0 Å². The van der Waals surface area contributed by atoms with Crippen LogP contribution in [-0.2, 0) is 17.9 Å². The molecular weight excluding hydrogens is 411 g/mol. The van der Waals surface area contributed by atoms with Crippen LogP contribution >= 0.6 is 11.8 Å². The Morgan fingerprint density at radius 2 is 1.45 bits per heavy atom. The number of nitrogens with zero attached hydrogens (tertiary/aromatic N) is 4. The van der Waals surface area contributed by atoms with Gasteiger partial charge in [0.2, 0.25) is 5.91 Å². The second-order valence-electron chi connectivity index (χ2n) is 6.94. The van der Waals surface area contributed by atoms with Gasteiger partial charge in [0, 0.05) is 13.1 Å². The first-order valence-corrected chi connectivity index (χ1v) is 10.8. The molecule has 0 aliphatic rings. The fourth-order valence-corrected chi connectivity index (χ4v) is 4.02. The quantitative estimate of drug-likeness (QED) is 0.378. The highest BCUT2D eigenvalue weighted by Crippen LogP contribution is 2.22. The smallest absolute Gasteiger partial charge is 0.233 e. The molecule has 0 N–H and O–H groups in total. The molecule has 0 fully saturated rings. The summed E-state index contributed by atoms with van der Waals surface area (Å²) in [5, 5.41) is 8.44. The Kier molecular flexibility index (Phi) is 6.74. The minimum atomic E-state index is -0.370. The predicted octanol–water partition coefficient (Wildman–Crippen LogP) is 4.73. The second-order valence-corrected chi connectivity index (χ2v) is 7.89. The highest BCUT2D eigenvalue weighted by Gasteiger charge is 2.18. The van der Waals surface area contributed by atoms with Gasteiger partial charge >= 0.3 is 0 Å². The number of benzene rings is 3. The van der Waals surface area contributed by atoms with Crippen molar-refractivity contribution in [3.63, 3.8) is 0 Å². The summed E-state index contributed by atoms with van der Waals surface area (Å²) in [7, 11) is 0. The molecule has 7 heteroatoms. The molecule has 4 aromatic rings. The largest absolute Gasteiger partial charge is 0.333 e. The number of carbonyl (C=O) groups excluding carboxylic acids is 1. The van der Waals surface area contributed by atoms with Gasteiger partial charge in [-0.3, -0.25) is 9.36 Å². The van der Waals surface area contributed by atoms with E-state index in [2.05, 4.69) is 10.2 Å². The van der Waals surface area contributed by atoms with Crippen molar-refractivity contribution in [3.8, 4) is 5.69 Å². The standard InChI is InChI=1S/C24H21FN4OS/c25-21-13-7-8-14-22(21)29-18-26-27-24(29)31-17-23(30)28(15-19-9-3-1-4-10-19)16-20-11-5-2-6-12-20/h1-14,18H,15-17H2. The third-order valence-corrected chi connectivity index (χ3v) is 5.67. The number of para-hydroxylation sites is 1. The summed E-state index contributed by atoms with van der Waals surface area (Å²) in [4.78, 5) is 15.0. The van der Waals surface area contributed by atoms with Crippen molar-refractivity contribution in [1.82, 2.24) is 19.7 Å². The molecular formula is C24H21FN4OS. The summed E-state index contributed by atoms with van der Waals surface area (Å²) in [5.74, 6) is -0.224. The van der Waals surface area contributed by atoms with Crippen molar-refractivity contribution < 1.29 is 9.18 Å². The molecule has 5 nitrogen and oxygen atoms in total. The van der Waals surface area contributed by atoms with Crippen molar-refractivity contribution >= 4 is 17.7 Å². The molecule has 0 saturated carbocycles. The molecule has 0 radical (unpaired) electrons. The van der Waals surface area contributed by atoms with Crippen LogP contribution in [0.15, 0.2) is 96.4 Å². The van der Waals surface area contributed by atoms with Crippen molar-refractivity contribution in [2.75, 3.05) is 5.75 Å². The van der Waals surface area contributed by atoms with Crippen LogP contribution in [0.4, 0.5) is 4.39 Å². The zero-order chi connectivity index (χ0) is 21.5. The molecule has 31 heavy (non-hydrogen) atoms. The third kappa shape index (κ3) is 5.38. The summed E-state index contributed by atoms with van der Waals surface area (Å²) >= 11 is 1.25. The lowest BCUT2D eigenvalue weighted by molar-refractivity contribution is -0.129. The fraction of sp³-hybridized carbons (Fsp3) is 0.125. The van der Waals surface area contributed by atoms with Crippen LogP contribution in [0, 0.1) is 5.82 Å². The number of hydrogen-bond donors (Lipinski definition) is 0. The Morgan fingerprint density at radius 1 is 0.871 bits per heavy atom. The molecule has 1 heterocycles. The Balaban J connectivity index is 1.49. The highest BCUT2D eigenvalue weighted by molar-refractivity contribution is 7.99. The number of halogens is 1. The van der Waals surface area contributed by atoms with Crippen LogP contribution in [0.3, 0.4) is 0 Å². The summed E-state index contributed by atoms with van der Waals surface area (Å²) in [6, 6.07) is 26.2. The minimum Gasteiger partial charge on any atom is -0.333 e. The van der Waals surface area contributed by atoms with Gasteiger partial charge in [-0.25, -0.2) is 4.39 Å². The maximum absolute atomic E-state index is 14.2. The van der Waals surface area contributed by atoms with Crippen LogP contribution in [0.25, 0.3) is 5.69 Å². The fourth-order valence-electron chi connectivity index (χ4n) is 3.19. The molecule has 1 aromatic heterocycles. The van der Waals surface area contributed by atoms with Crippen molar-refractivity contribution in [3.05, 3.63) is 108 Å². The summed E-state index contributed by atoms with van der Waals surface area (Å²) in [6.45, 7) is 1.02. The van der Waals surface area contributed by atoms with Crippen LogP contribution in [0.5, 0.6) is 0 Å². The number of hydrogen-bond acceptors (Lipinski definition) is 4. The minimum absolute atomic E-state index is 0.0270. The van der Waals surface area contributed by atoms with Crippen LogP contribution in [0.2, 0.25) is 0 Å². The van der Waals surface area contributed by atoms with E-state index in [1.54, 1.807) is 22.8 Å². The van der Waals surface area contributed by atoms with Gasteiger partial charge in [-0.15, -0.1) is 10.2 Å². The van der Waals surface area contributed by atoms with Gasteiger partial charge in [-0.1, -0.05) is 84.6 Å². The molecule has 0 aliphatic carbocycles. The zero-order valence-electron chi connectivity index (χ0n) is 16.8. The highest BCUT2D eigenvalue weighted by atomic mass is 32.2. The normalized spacial score (nSPS) is 10.7. The molecule has 0 spiro atoms. The van der Waals surface area contributed by atoms with Crippen molar-refractivity contribution in [2.45, 2.75) is 18.2 Å². The van der Waals surface area contributed by atoms with Crippen LogP contribution in [-0.4, -0.2) is 31.3 Å². The topological polar surface area (TPSA) is 51.0 Å². The van der Waals surface area contributed by atoms with Gasteiger partial charge < -0.3 is 4.90 Å². The summed E-state index contributed by atoms with van der Waals surface area (Å²) in [6.07, 6.45) is 1.46. The van der Waals surface area contributed by atoms with Gasteiger partial charge in [-0.2, -0.15) is 0 Å². The SMILES string of the molecule is O=C(CSc1nncn1-c1ccccc1F)N(Cc1ccccc1)Cc1ccccc1. The molecule has 4 rings (SSSR count). The maximum atomic E-state index is 14.2. The average molecular weight is 433 g/mol.